The number of rotatable bonds is 0. The normalized spacial score (nSPS) is 24.2. The van der Waals surface area contributed by atoms with Crippen LogP contribution in [0.1, 0.15) is 17.5 Å². The molecule has 2 aliphatic rings. The van der Waals surface area contributed by atoms with Gasteiger partial charge in [0.15, 0.2) is 0 Å². The first-order valence-electron chi connectivity index (χ1n) is 4.77. The second-order valence-electron chi connectivity index (χ2n) is 3.63. The van der Waals surface area contributed by atoms with Crippen molar-refractivity contribution in [3.8, 4) is 0 Å². The van der Waals surface area contributed by atoms with Crippen molar-refractivity contribution in [3.63, 3.8) is 0 Å². The third kappa shape index (κ3) is 0.997. The van der Waals surface area contributed by atoms with E-state index >= 15 is 0 Å². The van der Waals surface area contributed by atoms with Gasteiger partial charge in [-0.1, -0.05) is 24.3 Å². The summed E-state index contributed by atoms with van der Waals surface area (Å²) < 4.78 is 0. The number of aryl methyl sites for hydroxylation is 1. The summed E-state index contributed by atoms with van der Waals surface area (Å²) in [5.74, 6) is 0. The largest absolute Gasteiger partial charge is 0.363 e. The Bertz CT molecular complexity index is 412. The van der Waals surface area contributed by atoms with Crippen molar-refractivity contribution in [2.45, 2.75) is 19.1 Å². The zero-order chi connectivity index (χ0) is 9.54. The summed E-state index contributed by atoms with van der Waals surface area (Å²) in [6.07, 6.45) is 1.09. The van der Waals surface area contributed by atoms with E-state index in [0.29, 0.717) is 0 Å². The molecule has 0 radical (unpaired) electrons. The lowest BCUT2D eigenvalue weighted by molar-refractivity contribution is -0.0890. The number of hydrogen-bond acceptors (Lipinski definition) is 3. The molecular formula is C11H11NO2. The van der Waals surface area contributed by atoms with Crippen molar-refractivity contribution >= 4 is 5.70 Å². The number of aliphatic hydroxyl groups excluding tert-OH is 1. The van der Waals surface area contributed by atoms with E-state index in [4.69, 9.17) is 4.84 Å². The molecule has 0 bridgehead atoms. The molecule has 1 atom stereocenters. The number of fused-ring (bicyclic) bond motifs is 2. The lowest BCUT2D eigenvalue weighted by atomic mass is 9.90. The number of aliphatic hydroxyl groups is 1. The van der Waals surface area contributed by atoms with E-state index in [2.05, 4.69) is 17.6 Å². The first-order chi connectivity index (χ1) is 6.86. The summed E-state index contributed by atoms with van der Waals surface area (Å²) in [7, 11) is 0. The van der Waals surface area contributed by atoms with Gasteiger partial charge in [-0.25, -0.2) is 4.84 Å². The third-order valence-corrected chi connectivity index (χ3v) is 2.84. The van der Waals surface area contributed by atoms with E-state index < -0.39 is 6.29 Å². The summed E-state index contributed by atoms with van der Waals surface area (Å²) in [6, 6.07) is 8.21. The number of nitrogens with one attached hydrogen (secondary N) is 1. The first kappa shape index (κ1) is 8.03. The van der Waals surface area contributed by atoms with Gasteiger partial charge < -0.3 is 5.11 Å². The third-order valence-electron chi connectivity index (χ3n) is 2.84. The number of benzene rings is 1. The Labute approximate surface area is 82.0 Å². The van der Waals surface area contributed by atoms with Crippen molar-refractivity contribution < 1.29 is 9.94 Å². The standard InChI is InChI=1S/C11H11NO2/c13-11-9-6-5-7-3-1-2-4-8(7)10(9)12-14-11/h1-4,11-13H,5-6H2. The number of hydrogen-bond donors (Lipinski definition) is 2. The van der Waals surface area contributed by atoms with Gasteiger partial charge in [-0.05, 0) is 18.4 Å². The van der Waals surface area contributed by atoms with Crippen LogP contribution >= 0.6 is 0 Å². The van der Waals surface area contributed by atoms with E-state index in [9.17, 15) is 5.11 Å². The molecule has 1 unspecified atom stereocenters. The molecule has 0 aromatic heterocycles. The molecule has 0 fully saturated rings. The molecule has 3 rings (SSSR count). The molecule has 2 N–H and O–H groups in total. The quantitative estimate of drug-likeness (QED) is 0.644. The Morgan fingerprint density at radius 3 is 3.07 bits per heavy atom. The van der Waals surface area contributed by atoms with Gasteiger partial charge in [-0.15, -0.1) is 0 Å². The van der Waals surface area contributed by atoms with E-state index in [-0.39, 0.29) is 0 Å². The van der Waals surface area contributed by atoms with Crippen molar-refractivity contribution in [2.75, 3.05) is 0 Å². The predicted molar refractivity (Wildman–Crippen MR) is 51.9 cm³/mol. The first-order valence-corrected chi connectivity index (χ1v) is 4.77. The SMILES string of the molecule is OC1ONC2=C1CCc1ccccc12. The highest BCUT2D eigenvalue weighted by Crippen LogP contribution is 2.34. The Hall–Kier alpha value is -1.32. The molecule has 0 saturated carbocycles. The van der Waals surface area contributed by atoms with Crippen LogP contribution < -0.4 is 5.48 Å². The summed E-state index contributed by atoms with van der Waals surface area (Å²) in [4.78, 5) is 4.99. The van der Waals surface area contributed by atoms with Crippen molar-refractivity contribution in [3.05, 3.63) is 41.0 Å². The molecule has 1 aromatic rings. The average molecular weight is 189 g/mol. The van der Waals surface area contributed by atoms with Crippen LogP contribution in [0.2, 0.25) is 0 Å². The van der Waals surface area contributed by atoms with Crippen molar-refractivity contribution in [2.24, 2.45) is 0 Å². The minimum atomic E-state index is -0.765. The molecule has 72 valence electrons. The van der Waals surface area contributed by atoms with Crippen LogP contribution in [0.15, 0.2) is 29.8 Å². The van der Waals surface area contributed by atoms with Crippen LogP contribution in [0.4, 0.5) is 0 Å². The minimum absolute atomic E-state index is 0.765. The molecule has 1 aliphatic heterocycles. The van der Waals surface area contributed by atoms with E-state index in [0.717, 1.165) is 29.7 Å². The molecule has 14 heavy (non-hydrogen) atoms. The molecule has 0 spiro atoms. The van der Waals surface area contributed by atoms with Gasteiger partial charge in [0.05, 0.1) is 5.70 Å². The molecule has 3 heteroatoms. The molecule has 3 nitrogen and oxygen atoms in total. The highest BCUT2D eigenvalue weighted by Gasteiger charge is 2.29. The Morgan fingerprint density at radius 1 is 1.29 bits per heavy atom. The van der Waals surface area contributed by atoms with Gasteiger partial charge in [0.25, 0.3) is 0 Å². The topological polar surface area (TPSA) is 41.5 Å². The summed E-state index contributed by atoms with van der Waals surface area (Å²) in [5, 5.41) is 9.51. The molecule has 0 amide bonds. The molecular weight excluding hydrogens is 178 g/mol. The fourth-order valence-corrected chi connectivity index (χ4v) is 2.10. The fraction of sp³-hybridized carbons (Fsp3) is 0.273. The van der Waals surface area contributed by atoms with Crippen LogP contribution in [0, 0.1) is 0 Å². The predicted octanol–water partition coefficient (Wildman–Crippen LogP) is 1.20. The number of hydroxylamine groups is 1. The Kier molecular flexibility index (Phi) is 1.63. The van der Waals surface area contributed by atoms with Crippen LogP contribution in [0.3, 0.4) is 0 Å². The highest BCUT2D eigenvalue weighted by atomic mass is 16.7. The van der Waals surface area contributed by atoms with E-state index in [1.54, 1.807) is 0 Å². The van der Waals surface area contributed by atoms with Crippen molar-refractivity contribution in [1.29, 1.82) is 0 Å². The van der Waals surface area contributed by atoms with Gasteiger partial charge >= 0.3 is 0 Å². The van der Waals surface area contributed by atoms with Crippen LogP contribution in [-0.2, 0) is 11.3 Å². The maximum absolute atomic E-state index is 9.51. The van der Waals surface area contributed by atoms with Gasteiger partial charge in [0, 0.05) is 11.1 Å². The lowest BCUT2D eigenvalue weighted by Crippen LogP contribution is -2.12. The minimum Gasteiger partial charge on any atom is -0.363 e. The summed E-state index contributed by atoms with van der Waals surface area (Å²) in [5.41, 5.74) is 7.20. The molecule has 1 heterocycles. The lowest BCUT2D eigenvalue weighted by Gasteiger charge is -2.16. The summed E-state index contributed by atoms with van der Waals surface area (Å²) >= 11 is 0. The summed E-state index contributed by atoms with van der Waals surface area (Å²) in [6.45, 7) is 0. The maximum Gasteiger partial charge on any atom is 0.205 e. The second kappa shape index (κ2) is 2.83. The molecule has 1 aromatic carbocycles. The van der Waals surface area contributed by atoms with Gasteiger partial charge in [-0.3, -0.25) is 5.48 Å². The average Bonchev–Trinajstić information content (AvgIpc) is 2.61. The Morgan fingerprint density at radius 2 is 2.14 bits per heavy atom. The van der Waals surface area contributed by atoms with Gasteiger partial charge in [-0.2, -0.15) is 0 Å². The van der Waals surface area contributed by atoms with E-state index in [1.165, 1.54) is 5.56 Å². The molecule has 0 saturated heterocycles. The smallest absolute Gasteiger partial charge is 0.205 e. The van der Waals surface area contributed by atoms with Gasteiger partial charge in [0.1, 0.15) is 0 Å². The monoisotopic (exact) mass is 189 g/mol. The zero-order valence-electron chi connectivity index (χ0n) is 7.66. The van der Waals surface area contributed by atoms with E-state index in [1.807, 2.05) is 12.1 Å². The van der Waals surface area contributed by atoms with Crippen LogP contribution in [0.25, 0.3) is 5.70 Å². The Balaban J connectivity index is 2.16. The maximum atomic E-state index is 9.51. The van der Waals surface area contributed by atoms with Crippen LogP contribution in [-0.4, -0.2) is 11.4 Å². The fourth-order valence-electron chi connectivity index (χ4n) is 2.10. The molecule has 1 aliphatic carbocycles. The van der Waals surface area contributed by atoms with Crippen LogP contribution in [0.5, 0.6) is 0 Å². The van der Waals surface area contributed by atoms with Crippen molar-refractivity contribution in [1.82, 2.24) is 5.48 Å². The second-order valence-corrected chi connectivity index (χ2v) is 3.63. The zero-order valence-corrected chi connectivity index (χ0v) is 7.66. The highest BCUT2D eigenvalue weighted by molar-refractivity contribution is 5.72. The van der Waals surface area contributed by atoms with Gasteiger partial charge in [0.2, 0.25) is 6.29 Å².